The van der Waals surface area contributed by atoms with E-state index < -0.39 is 0 Å². The summed E-state index contributed by atoms with van der Waals surface area (Å²) in [6, 6.07) is 0. The fourth-order valence-corrected chi connectivity index (χ4v) is 2.86. The van der Waals surface area contributed by atoms with Crippen molar-refractivity contribution in [2.75, 3.05) is 26.2 Å². The lowest BCUT2D eigenvalue weighted by Crippen LogP contribution is -2.34. The molecule has 2 saturated heterocycles. The van der Waals surface area contributed by atoms with Crippen LogP contribution in [-0.2, 0) is 4.79 Å². The summed E-state index contributed by atoms with van der Waals surface area (Å²) in [5.41, 5.74) is 0.449. The molecule has 1 unspecified atom stereocenters. The molecule has 3 heteroatoms. The van der Waals surface area contributed by atoms with Crippen molar-refractivity contribution >= 4 is 5.91 Å². The molecule has 3 fully saturated rings. The number of hydrogen-bond acceptors (Lipinski definition) is 2. The highest BCUT2D eigenvalue weighted by molar-refractivity contribution is 5.81. The lowest BCUT2D eigenvalue weighted by Gasteiger charge is -2.22. The van der Waals surface area contributed by atoms with E-state index in [1.807, 2.05) is 0 Å². The first-order chi connectivity index (χ1) is 6.79. The predicted molar refractivity (Wildman–Crippen MR) is 53.8 cm³/mol. The first-order valence-electron chi connectivity index (χ1n) is 5.79. The van der Waals surface area contributed by atoms with Crippen LogP contribution in [-0.4, -0.2) is 37.0 Å². The van der Waals surface area contributed by atoms with Crippen LogP contribution in [0.15, 0.2) is 0 Å². The Bertz CT molecular complexity index is 254. The fourth-order valence-electron chi connectivity index (χ4n) is 2.86. The standard InChI is InChI=1S/C11H18N2O/c14-10(9-1-2-9)13-6-4-11(8-13)3-5-12-7-11/h9,12H,1-8H2. The Balaban J connectivity index is 1.65. The summed E-state index contributed by atoms with van der Waals surface area (Å²) in [5.74, 6) is 0.841. The van der Waals surface area contributed by atoms with E-state index in [-0.39, 0.29) is 0 Å². The summed E-state index contributed by atoms with van der Waals surface area (Å²) in [5, 5.41) is 3.42. The van der Waals surface area contributed by atoms with Gasteiger partial charge < -0.3 is 10.2 Å². The van der Waals surface area contributed by atoms with E-state index in [2.05, 4.69) is 10.2 Å². The van der Waals surface area contributed by atoms with Gasteiger partial charge in [-0.2, -0.15) is 0 Å². The van der Waals surface area contributed by atoms with Gasteiger partial charge in [-0.25, -0.2) is 0 Å². The van der Waals surface area contributed by atoms with E-state index in [9.17, 15) is 4.79 Å². The Hall–Kier alpha value is -0.570. The first-order valence-corrected chi connectivity index (χ1v) is 5.79. The van der Waals surface area contributed by atoms with Gasteiger partial charge in [0.15, 0.2) is 0 Å². The van der Waals surface area contributed by atoms with E-state index >= 15 is 0 Å². The second kappa shape index (κ2) is 2.96. The number of nitrogens with one attached hydrogen (secondary N) is 1. The summed E-state index contributed by atoms with van der Waals surface area (Å²) < 4.78 is 0. The predicted octanol–water partition coefficient (Wildman–Crippen LogP) is 0.608. The average Bonchev–Trinajstić information content (AvgIpc) is 2.82. The molecule has 1 atom stereocenters. The molecule has 1 N–H and O–H groups in total. The molecule has 2 heterocycles. The van der Waals surface area contributed by atoms with Gasteiger partial charge in [-0.3, -0.25) is 4.79 Å². The van der Waals surface area contributed by atoms with E-state index in [1.54, 1.807) is 0 Å². The zero-order valence-corrected chi connectivity index (χ0v) is 8.59. The van der Waals surface area contributed by atoms with Gasteiger partial charge in [0.25, 0.3) is 0 Å². The maximum Gasteiger partial charge on any atom is 0.225 e. The van der Waals surface area contributed by atoms with Gasteiger partial charge in [0.2, 0.25) is 5.91 Å². The SMILES string of the molecule is O=C(C1CC1)N1CCC2(CCNC2)C1. The van der Waals surface area contributed by atoms with E-state index in [4.69, 9.17) is 0 Å². The lowest BCUT2D eigenvalue weighted by molar-refractivity contribution is -0.131. The molecule has 0 aromatic rings. The van der Waals surface area contributed by atoms with Crippen molar-refractivity contribution in [2.45, 2.75) is 25.7 Å². The maximum atomic E-state index is 11.9. The molecular weight excluding hydrogens is 176 g/mol. The van der Waals surface area contributed by atoms with Gasteiger partial charge in [0.1, 0.15) is 0 Å². The summed E-state index contributed by atoms with van der Waals surface area (Å²) in [4.78, 5) is 14.0. The molecule has 1 aliphatic carbocycles. The van der Waals surface area contributed by atoms with Crippen LogP contribution < -0.4 is 5.32 Å². The second-order valence-electron chi connectivity index (χ2n) is 5.21. The van der Waals surface area contributed by atoms with Crippen LogP contribution in [0.1, 0.15) is 25.7 Å². The fraction of sp³-hybridized carbons (Fsp3) is 0.909. The largest absolute Gasteiger partial charge is 0.342 e. The Morgan fingerprint density at radius 3 is 2.86 bits per heavy atom. The van der Waals surface area contributed by atoms with Crippen molar-refractivity contribution in [3.8, 4) is 0 Å². The minimum Gasteiger partial charge on any atom is -0.342 e. The van der Waals surface area contributed by atoms with Crippen molar-refractivity contribution < 1.29 is 4.79 Å². The van der Waals surface area contributed by atoms with Gasteiger partial charge in [0.05, 0.1) is 0 Å². The molecule has 0 aromatic carbocycles. The van der Waals surface area contributed by atoms with E-state index in [1.165, 1.54) is 12.8 Å². The number of carbonyl (C=O) groups excluding carboxylic acids is 1. The topological polar surface area (TPSA) is 32.3 Å². The van der Waals surface area contributed by atoms with Gasteiger partial charge in [-0.15, -0.1) is 0 Å². The van der Waals surface area contributed by atoms with E-state index in [0.29, 0.717) is 17.2 Å². The molecular formula is C11H18N2O. The molecule has 0 radical (unpaired) electrons. The molecule has 0 aromatic heterocycles. The highest BCUT2D eigenvalue weighted by Gasteiger charge is 2.44. The van der Waals surface area contributed by atoms with Gasteiger partial charge in [0, 0.05) is 31.0 Å². The van der Waals surface area contributed by atoms with Crippen LogP contribution in [0.3, 0.4) is 0 Å². The number of likely N-dealkylation sites (tertiary alicyclic amines) is 1. The number of rotatable bonds is 1. The number of amides is 1. The third-order valence-electron chi connectivity index (χ3n) is 4.01. The quantitative estimate of drug-likeness (QED) is 0.663. The normalized spacial score (nSPS) is 37.0. The highest BCUT2D eigenvalue weighted by Crippen LogP contribution is 2.39. The Morgan fingerprint density at radius 1 is 1.36 bits per heavy atom. The molecule has 3 aliphatic rings. The van der Waals surface area contributed by atoms with Crippen molar-refractivity contribution in [3.63, 3.8) is 0 Å². The van der Waals surface area contributed by atoms with Crippen LogP contribution in [0.2, 0.25) is 0 Å². The molecule has 3 nitrogen and oxygen atoms in total. The minimum absolute atomic E-state index is 0.402. The smallest absolute Gasteiger partial charge is 0.225 e. The third-order valence-corrected chi connectivity index (χ3v) is 4.01. The lowest BCUT2D eigenvalue weighted by atomic mass is 9.86. The van der Waals surface area contributed by atoms with Crippen molar-refractivity contribution in [2.24, 2.45) is 11.3 Å². The molecule has 1 amide bonds. The van der Waals surface area contributed by atoms with Crippen LogP contribution in [0.25, 0.3) is 0 Å². The Morgan fingerprint density at radius 2 is 2.21 bits per heavy atom. The molecule has 1 spiro atoms. The van der Waals surface area contributed by atoms with Crippen LogP contribution in [0.5, 0.6) is 0 Å². The molecule has 0 bridgehead atoms. The molecule has 1 saturated carbocycles. The summed E-state index contributed by atoms with van der Waals surface area (Å²) in [6.07, 6.45) is 4.76. The third kappa shape index (κ3) is 1.34. The first kappa shape index (κ1) is 8.72. The van der Waals surface area contributed by atoms with Gasteiger partial charge >= 0.3 is 0 Å². The van der Waals surface area contributed by atoms with Crippen molar-refractivity contribution in [3.05, 3.63) is 0 Å². The molecule has 14 heavy (non-hydrogen) atoms. The maximum absolute atomic E-state index is 11.9. The minimum atomic E-state index is 0.402. The summed E-state index contributed by atoms with van der Waals surface area (Å²) >= 11 is 0. The highest BCUT2D eigenvalue weighted by atomic mass is 16.2. The zero-order valence-electron chi connectivity index (χ0n) is 8.59. The summed E-state index contributed by atoms with van der Waals surface area (Å²) in [7, 11) is 0. The molecule has 2 aliphatic heterocycles. The van der Waals surface area contributed by atoms with Crippen molar-refractivity contribution in [1.82, 2.24) is 10.2 Å². The monoisotopic (exact) mass is 194 g/mol. The van der Waals surface area contributed by atoms with Gasteiger partial charge in [-0.1, -0.05) is 0 Å². The average molecular weight is 194 g/mol. The van der Waals surface area contributed by atoms with Crippen LogP contribution >= 0.6 is 0 Å². The summed E-state index contributed by atoms with van der Waals surface area (Å²) in [6.45, 7) is 4.30. The molecule has 78 valence electrons. The van der Waals surface area contributed by atoms with Gasteiger partial charge in [-0.05, 0) is 32.2 Å². The van der Waals surface area contributed by atoms with Crippen LogP contribution in [0, 0.1) is 11.3 Å². The Labute approximate surface area is 84.8 Å². The molecule has 3 rings (SSSR count). The number of hydrogen-bond donors (Lipinski definition) is 1. The Kier molecular flexibility index (Phi) is 1.84. The van der Waals surface area contributed by atoms with Crippen molar-refractivity contribution in [1.29, 1.82) is 0 Å². The van der Waals surface area contributed by atoms with Crippen LogP contribution in [0.4, 0.5) is 0 Å². The second-order valence-corrected chi connectivity index (χ2v) is 5.21. The number of nitrogens with zero attached hydrogens (tertiary/aromatic N) is 1. The number of carbonyl (C=O) groups is 1. The van der Waals surface area contributed by atoms with E-state index in [0.717, 1.165) is 39.0 Å². The zero-order chi connectivity index (χ0) is 9.60.